The van der Waals surface area contributed by atoms with Crippen molar-refractivity contribution in [3.63, 3.8) is 0 Å². The van der Waals surface area contributed by atoms with Gasteiger partial charge in [-0.15, -0.1) is 0 Å². The number of benzene rings is 1. The maximum atomic E-state index is 13.4. The Bertz CT molecular complexity index is 976. The van der Waals surface area contributed by atoms with Gasteiger partial charge in [0.15, 0.2) is 0 Å². The highest BCUT2D eigenvalue weighted by Crippen LogP contribution is 2.45. The van der Waals surface area contributed by atoms with E-state index < -0.39 is 79.4 Å². The lowest BCUT2D eigenvalue weighted by Gasteiger charge is -2.25. The molecule has 1 saturated heterocycles. The molecule has 0 saturated carbocycles. The first-order valence-corrected chi connectivity index (χ1v) is 9.19. The molecule has 2 aliphatic rings. The standard InChI is InChI=1S/C14H6Cl2F9N5S/c15-4-1-3(31-14(23,24)25)2-5(16)7(4)30-9(26)6-8(12(17,18)19)27-11(13(20,21)22)28-10(6)29-30/h1-2,10,26,29H,(H,27,28). The molecule has 0 radical (unpaired) electrons. The Morgan fingerprint density at radius 2 is 1.52 bits per heavy atom. The Balaban J connectivity index is 2.07. The normalized spacial score (nSPS) is 20.1. The van der Waals surface area contributed by atoms with Crippen LogP contribution in [0, 0.1) is 5.41 Å². The Labute approximate surface area is 180 Å². The summed E-state index contributed by atoms with van der Waals surface area (Å²) in [5.74, 6) is -2.96. The summed E-state index contributed by atoms with van der Waals surface area (Å²) in [6, 6.07) is 1.58. The summed E-state index contributed by atoms with van der Waals surface area (Å²) in [5, 5.41) is 8.67. The first kappa shape index (κ1) is 23.8. The van der Waals surface area contributed by atoms with Crippen LogP contribution in [0.15, 0.2) is 33.3 Å². The van der Waals surface area contributed by atoms with Crippen molar-refractivity contribution in [1.29, 1.82) is 5.41 Å². The second kappa shape index (κ2) is 7.64. The molecule has 0 spiro atoms. The third kappa shape index (κ3) is 4.83. The van der Waals surface area contributed by atoms with Crippen LogP contribution < -0.4 is 15.8 Å². The van der Waals surface area contributed by atoms with Gasteiger partial charge in [0, 0.05) is 4.90 Å². The third-order valence-corrected chi connectivity index (χ3v) is 5.05. The van der Waals surface area contributed by atoms with Crippen LogP contribution in [0.2, 0.25) is 10.0 Å². The number of amidine groups is 2. The molecular formula is C14H6Cl2F9N5S. The van der Waals surface area contributed by atoms with Gasteiger partial charge in [0.05, 0.1) is 21.3 Å². The van der Waals surface area contributed by atoms with Crippen molar-refractivity contribution in [2.24, 2.45) is 4.99 Å². The molecule has 3 N–H and O–H groups in total. The summed E-state index contributed by atoms with van der Waals surface area (Å²) in [6.45, 7) is 0. The zero-order chi connectivity index (χ0) is 23.5. The number of alkyl halides is 9. The van der Waals surface area contributed by atoms with Gasteiger partial charge in [0.25, 0.3) is 0 Å². The SMILES string of the molecule is N=C1C2=C(C(F)(F)F)NC(C(F)(F)F)=NC2NN1c1c(Cl)cc(SC(F)(F)F)cc1Cl. The molecule has 3 rings (SSSR count). The summed E-state index contributed by atoms with van der Waals surface area (Å²) in [5.41, 5.74) is -5.86. The number of hydrazine groups is 1. The lowest BCUT2D eigenvalue weighted by molar-refractivity contribution is -0.0987. The monoisotopic (exact) mass is 517 g/mol. The van der Waals surface area contributed by atoms with E-state index in [4.69, 9.17) is 28.6 Å². The van der Waals surface area contributed by atoms with Gasteiger partial charge < -0.3 is 5.32 Å². The number of thioether (sulfide) groups is 1. The van der Waals surface area contributed by atoms with Crippen LogP contribution in [-0.2, 0) is 0 Å². The smallest absolute Gasteiger partial charge is 0.332 e. The van der Waals surface area contributed by atoms with Crippen molar-refractivity contribution in [2.75, 3.05) is 5.01 Å². The van der Waals surface area contributed by atoms with Gasteiger partial charge in [0.2, 0.25) is 5.84 Å². The van der Waals surface area contributed by atoms with E-state index in [-0.39, 0.29) is 0 Å². The number of aliphatic imine (C=N–C) groups is 1. The maximum Gasteiger partial charge on any atom is 0.449 e. The van der Waals surface area contributed by atoms with Crippen molar-refractivity contribution >= 4 is 52.3 Å². The summed E-state index contributed by atoms with van der Waals surface area (Å²) < 4.78 is 117. The molecule has 1 aromatic rings. The molecule has 170 valence electrons. The number of nitrogens with zero attached hydrogens (tertiary/aromatic N) is 2. The van der Waals surface area contributed by atoms with Crippen molar-refractivity contribution in [3.8, 4) is 0 Å². The maximum absolute atomic E-state index is 13.4. The number of nitrogens with one attached hydrogen (secondary N) is 3. The van der Waals surface area contributed by atoms with E-state index in [9.17, 15) is 39.5 Å². The second-order valence-electron chi connectivity index (χ2n) is 5.89. The van der Waals surface area contributed by atoms with E-state index in [1.54, 1.807) is 0 Å². The van der Waals surface area contributed by atoms with Gasteiger partial charge >= 0.3 is 17.9 Å². The fraction of sp³-hybridized carbons (Fsp3) is 0.286. The number of rotatable bonds is 2. The first-order chi connectivity index (χ1) is 14.0. The van der Waals surface area contributed by atoms with Gasteiger partial charge in [-0.05, 0) is 23.9 Å². The molecule has 31 heavy (non-hydrogen) atoms. The Hall–Kier alpha value is -1.84. The first-order valence-electron chi connectivity index (χ1n) is 7.62. The van der Waals surface area contributed by atoms with E-state index in [0.29, 0.717) is 5.01 Å². The zero-order valence-corrected chi connectivity index (χ0v) is 16.5. The lowest BCUT2D eigenvalue weighted by Crippen LogP contribution is -2.47. The highest BCUT2D eigenvalue weighted by atomic mass is 35.5. The molecule has 0 aromatic heterocycles. The molecule has 0 aliphatic carbocycles. The minimum Gasteiger partial charge on any atom is -0.332 e. The summed E-state index contributed by atoms with van der Waals surface area (Å²) in [6.07, 6.45) is -12.6. The molecule has 17 heteroatoms. The van der Waals surface area contributed by atoms with E-state index >= 15 is 0 Å². The highest BCUT2D eigenvalue weighted by molar-refractivity contribution is 8.00. The molecular weight excluding hydrogens is 512 g/mol. The van der Waals surface area contributed by atoms with Gasteiger partial charge in [0.1, 0.15) is 17.7 Å². The molecule has 2 heterocycles. The van der Waals surface area contributed by atoms with Gasteiger partial charge in [-0.25, -0.2) is 4.99 Å². The Kier molecular flexibility index (Phi) is 5.87. The fourth-order valence-corrected chi connectivity index (χ4v) is 4.10. The van der Waals surface area contributed by atoms with Crippen LogP contribution in [0.1, 0.15) is 0 Å². The average Bonchev–Trinajstić information content (AvgIpc) is 2.87. The molecule has 1 fully saturated rings. The van der Waals surface area contributed by atoms with E-state index in [2.05, 4.69) is 10.4 Å². The number of allylic oxidation sites excluding steroid dienone is 1. The second-order valence-corrected chi connectivity index (χ2v) is 7.84. The van der Waals surface area contributed by atoms with Gasteiger partial charge in [-0.1, -0.05) is 23.2 Å². The molecule has 2 aliphatic heterocycles. The van der Waals surface area contributed by atoms with Crippen LogP contribution in [0.5, 0.6) is 0 Å². The third-order valence-electron chi connectivity index (χ3n) is 3.77. The van der Waals surface area contributed by atoms with Crippen LogP contribution >= 0.6 is 35.0 Å². The van der Waals surface area contributed by atoms with Crippen LogP contribution in [0.3, 0.4) is 0 Å². The van der Waals surface area contributed by atoms with Crippen molar-refractivity contribution < 1.29 is 39.5 Å². The van der Waals surface area contributed by atoms with Crippen molar-refractivity contribution in [1.82, 2.24) is 10.7 Å². The van der Waals surface area contributed by atoms with Crippen molar-refractivity contribution in [3.05, 3.63) is 33.4 Å². The average molecular weight is 518 g/mol. The lowest BCUT2D eigenvalue weighted by atomic mass is 10.1. The van der Waals surface area contributed by atoms with E-state index in [1.165, 1.54) is 0 Å². The van der Waals surface area contributed by atoms with Crippen LogP contribution in [-0.4, -0.2) is 35.7 Å². The molecule has 1 unspecified atom stereocenters. The summed E-state index contributed by atoms with van der Waals surface area (Å²) in [7, 11) is 0. The minimum atomic E-state index is -5.31. The van der Waals surface area contributed by atoms with Gasteiger partial charge in [-0.2, -0.15) is 44.9 Å². The van der Waals surface area contributed by atoms with E-state index in [1.807, 2.05) is 0 Å². The fourth-order valence-electron chi connectivity index (χ4n) is 2.69. The zero-order valence-electron chi connectivity index (χ0n) is 14.2. The number of hydrogen-bond acceptors (Lipinski definition) is 5. The predicted octanol–water partition coefficient (Wildman–Crippen LogP) is 5.61. The Morgan fingerprint density at radius 1 is 0.968 bits per heavy atom. The molecule has 5 nitrogen and oxygen atoms in total. The number of anilines is 1. The summed E-state index contributed by atoms with van der Waals surface area (Å²) in [4.78, 5) is 2.67. The molecule has 0 bridgehead atoms. The van der Waals surface area contributed by atoms with Crippen LogP contribution in [0.25, 0.3) is 0 Å². The largest absolute Gasteiger partial charge is 0.449 e. The topological polar surface area (TPSA) is 63.5 Å². The molecule has 1 atom stereocenters. The molecule has 1 aromatic carbocycles. The number of fused-ring (bicyclic) bond motifs is 1. The highest BCUT2D eigenvalue weighted by Gasteiger charge is 2.51. The quantitative estimate of drug-likeness (QED) is 0.352. The van der Waals surface area contributed by atoms with E-state index in [0.717, 1.165) is 17.4 Å². The Morgan fingerprint density at radius 3 is 1.97 bits per heavy atom. The minimum absolute atomic E-state index is 0.438. The molecule has 0 amide bonds. The predicted molar refractivity (Wildman–Crippen MR) is 95.2 cm³/mol. The van der Waals surface area contributed by atoms with Gasteiger partial charge in [-0.3, -0.25) is 10.4 Å². The van der Waals surface area contributed by atoms with Crippen molar-refractivity contribution in [2.45, 2.75) is 28.9 Å². The summed E-state index contributed by atoms with van der Waals surface area (Å²) >= 11 is 11.3. The number of hydrogen-bond donors (Lipinski definition) is 3. The number of halogens is 11. The van der Waals surface area contributed by atoms with Crippen LogP contribution in [0.4, 0.5) is 45.2 Å².